The second-order valence-corrected chi connectivity index (χ2v) is 27.1. The Morgan fingerprint density at radius 1 is 0.346 bits per heavy atom. The molecule has 3 aliphatic rings. The van der Waals surface area contributed by atoms with E-state index >= 15 is 0 Å². The minimum absolute atomic E-state index is 0.363. The van der Waals surface area contributed by atoms with Gasteiger partial charge in [-0.15, -0.1) is 0 Å². The zero-order valence-electron chi connectivity index (χ0n) is 60.8. The third-order valence-electron chi connectivity index (χ3n) is 20.2. The first-order chi connectivity index (χ1) is 51.1. The molecule has 0 aromatic heterocycles. The molecule has 2 nitrogen and oxygen atoms in total. The van der Waals surface area contributed by atoms with Crippen molar-refractivity contribution >= 4 is 11.4 Å². The fourth-order valence-electron chi connectivity index (χ4n) is 14.2. The molecule has 0 N–H and O–H groups in total. The van der Waals surface area contributed by atoms with E-state index in [0.717, 1.165) is 42.8 Å². The summed E-state index contributed by atoms with van der Waals surface area (Å²) in [7, 11) is 0. The maximum absolute atomic E-state index is 2.43. The summed E-state index contributed by atoms with van der Waals surface area (Å²) in [6.45, 7) is 13.1. The summed E-state index contributed by atoms with van der Waals surface area (Å²) in [4.78, 5) is 4.84. The van der Waals surface area contributed by atoms with Crippen molar-refractivity contribution in [1.29, 1.82) is 0 Å². The van der Waals surface area contributed by atoms with Crippen molar-refractivity contribution in [3.8, 4) is 77.9 Å². The van der Waals surface area contributed by atoms with Gasteiger partial charge >= 0.3 is 0 Å². The van der Waals surface area contributed by atoms with Crippen LogP contribution in [0.1, 0.15) is 90.2 Å². The Morgan fingerprint density at radius 3 is 1.16 bits per heavy atom. The molecule has 0 saturated heterocycles. The fraction of sp³-hybridized carbons (Fsp3) is 0.118. The van der Waals surface area contributed by atoms with Gasteiger partial charge in [0, 0.05) is 46.0 Å². The van der Waals surface area contributed by atoms with E-state index in [1.807, 2.05) is 0 Å². The zero-order valence-corrected chi connectivity index (χ0v) is 60.8. The van der Waals surface area contributed by atoms with Crippen LogP contribution in [-0.4, -0.2) is 0 Å². The Kier molecular flexibility index (Phi) is 23.3. The summed E-state index contributed by atoms with van der Waals surface area (Å²) in [5.41, 5.74) is 31.9. The molecule has 0 fully saturated rings. The lowest BCUT2D eigenvalue weighted by Crippen LogP contribution is -2.21. The number of rotatable bonds is 20. The molecular formula is C102H92N2. The summed E-state index contributed by atoms with van der Waals surface area (Å²) >= 11 is 0. The first kappa shape index (κ1) is 70.3. The highest BCUT2D eigenvalue weighted by Gasteiger charge is 2.23. The highest BCUT2D eigenvalue weighted by Crippen LogP contribution is 2.44. The molecule has 0 saturated carbocycles. The molecule has 0 spiro atoms. The Bertz CT molecular complexity index is 5130. The van der Waals surface area contributed by atoms with Crippen LogP contribution in [-0.2, 0) is 0 Å². The van der Waals surface area contributed by atoms with Crippen LogP contribution in [0.25, 0.3) is 77.9 Å². The van der Waals surface area contributed by atoms with Gasteiger partial charge in [-0.3, -0.25) is 0 Å². The molecule has 11 aromatic rings. The highest BCUT2D eigenvalue weighted by molar-refractivity contribution is 5.94. The standard InChI is InChI=1S/C54H49N.C48H43N/c1-5-6-16-40(2)41(3)23-24-42(4)55(51-35-33-48(34-36-51)44-19-12-8-13-20-44)52-37-38-53(49-21-14-9-15-22-49)54(39-52)50-31-29-47(30-32-50)46-27-25-45(26-28-46)43-17-10-7-11-18-43;1-36(38-17-7-3-8-18-38)27-28-37(2)49(43-31-29-40(30-32-43)39-19-9-4-10-20-39)44-33-34-46(42-23-13-6-14-24-42)48(35-44)47-26-16-15-25-45(47)41-21-11-5-12-22-41/h5-33,35-39,48H,34H2,1-4H3;3-7,9-17,19-29,31-35,40H,8,18,30H2,1-2H3/b6-5-,40-16+,41-23+,42-24+;36-27+,37-28+. The van der Waals surface area contributed by atoms with E-state index in [1.54, 1.807) is 0 Å². The molecule has 0 radical (unpaired) electrons. The monoisotopic (exact) mass is 1340 g/mol. The first-order valence-corrected chi connectivity index (χ1v) is 36.8. The second-order valence-electron chi connectivity index (χ2n) is 27.1. The number of allylic oxidation sites excluding steroid dienone is 22. The Balaban J connectivity index is 0.000000186. The number of benzene rings is 11. The predicted molar refractivity (Wildman–Crippen MR) is 448 cm³/mol. The van der Waals surface area contributed by atoms with Crippen LogP contribution in [0.4, 0.5) is 11.4 Å². The van der Waals surface area contributed by atoms with Gasteiger partial charge in [0.05, 0.1) is 0 Å². The Labute approximate surface area is 618 Å². The maximum atomic E-state index is 2.43. The van der Waals surface area contributed by atoms with Gasteiger partial charge in [0.15, 0.2) is 0 Å². The van der Waals surface area contributed by atoms with E-state index in [2.05, 4.69) is 440 Å². The van der Waals surface area contributed by atoms with Crippen LogP contribution in [0, 0.1) is 0 Å². The number of nitrogens with zero attached hydrogens (tertiary/aromatic N) is 2. The SMILES string of the molecule is C/C(=C\C=C(/C)N(C1=CCC(c2ccccc2)C=C1)c1ccc(-c2ccccc2)c(-c2ccccc2-c2ccccc2)c1)C1=CC=CCC1.C\C=C/C=C(C)/C(C)=C/C=C(\C)N(C1=CCC(c2ccccc2)C=C1)c1ccc(-c2ccccc2)c(-c2ccc(-c3ccc(-c4ccccc4)cc3)cc2)c1. The lowest BCUT2D eigenvalue weighted by molar-refractivity contribution is 0.836. The van der Waals surface area contributed by atoms with E-state index in [9.17, 15) is 0 Å². The van der Waals surface area contributed by atoms with E-state index in [-0.39, 0.29) is 0 Å². The van der Waals surface area contributed by atoms with Crippen LogP contribution in [0.2, 0.25) is 0 Å². The molecule has 104 heavy (non-hydrogen) atoms. The minimum Gasteiger partial charge on any atom is -0.315 e. The third-order valence-corrected chi connectivity index (χ3v) is 20.2. The van der Waals surface area contributed by atoms with Crippen molar-refractivity contribution in [1.82, 2.24) is 0 Å². The third kappa shape index (κ3) is 17.3. The van der Waals surface area contributed by atoms with Crippen LogP contribution < -0.4 is 9.80 Å². The molecule has 510 valence electrons. The predicted octanol–water partition coefficient (Wildman–Crippen LogP) is 28.4. The normalized spacial score (nSPS) is 15.6. The average Bonchev–Trinajstić information content (AvgIpc) is 0.780. The van der Waals surface area contributed by atoms with Gasteiger partial charge in [-0.05, 0) is 227 Å². The smallest absolute Gasteiger partial charge is 0.0464 e. The van der Waals surface area contributed by atoms with Crippen molar-refractivity contribution in [3.63, 3.8) is 0 Å². The van der Waals surface area contributed by atoms with Crippen LogP contribution >= 0.6 is 0 Å². The molecule has 0 aliphatic heterocycles. The van der Waals surface area contributed by atoms with Gasteiger partial charge in [0.1, 0.15) is 0 Å². The zero-order chi connectivity index (χ0) is 71.4. The fourth-order valence-corrected chi connectivity index (χ4v) is 14.2. The Hall–Kier alpha value is -12.1. The van der Waals surface area contributed by atoms with E-state index in [1.165, 1.54) is 128 Å². The lowest BCUT2D eigenvalue weighted by atomic mass is 9.88. The quantitative estimate of drug-likeness (QED) is 0.0702. The van der Waals surface area contributed by atoms with Gasteiger partial charge in [-0.25, -0.2) is 0 Å². The molecule has 0 amide bonds. The van der Waals surface area contributed by atoms with Crippen LogP contribution in [0.15, 0.2) is 433 Å². The van der Waals surface area contributed by atoms with Crippen LogP contribution in [0.5, 0.6) is 0 Å². The molecular weight excluding hydrogens is 1250 g/mol. The second kappa shape index (κ2) is 34.5. The van der Waals surface area contributed by atoms with Crippen molar-refractivity contribution < 1.29 is 0 Å². The largest absolute Gasteiger partial charge is 0.315 e. The van der Waals surface area contributed by atoms with Crippen molar-refractivity contribution in [2.24, 2.45) is 0 Å². The number of hydrogen-bond acceptors (Lipinski definition) is 2. The van der Waals surface area contributed by atoms with E-state index in [4.69, 9.17) is 0 Å². The summed E-state index contributed by atoms with van der Waals surface area (Å²) < 4.78 is 0. The van der Waals surface area contributed by atoms with Gasteiger partial charge in [-0.1, -0.05) is 340 Å². The van der Waals surface area contributed by atoms with Crippen molar-refractivity contribution in [2.45, 2.75) is 79.1 Å². The molecule has 11 aromatic carbocycles. The highest BCUT2D eigenvalue weighted by atomic mass is 15.2. The lowest BCUT2D eigenvalue weighted by Gasteiger charge is -2.30. The molecule has 0 bridgehead atoms. The number of hydrogen-bond donors (Lipinski definition) is 0. The Morgan fingerprint density at radius 2 is 0.721 bits per heavy atom. The first-order valence-electron chi connectivity index (χ1n) is 36.8. The molecule has 0 heterocycles. The minimum atomic E-state index is 0.363. The summed E-state index contributed by atoms with van der Waals surface area (Å²) in [5.74, 6) is 0.736. The van der Waals surface area contributed by atoms with Gasteiger partial charge in [0.2, 0.25) is 0 Å². The van der Waals surface area contributed by atoms with E-state index in [0.29, 0.717) is 11.8 Å². The average molecular weight is 1350 g/mol. The van der Waals surface area contributed by atoms with Crippen molar-refractivity contribution in [3.05, 3.63) is 445 Å². The maximum Gasteiger partial charge on any atom is 0.0464 e. The van der Waals surface area contributed by atoms with E-state index < -0.39 is 0 Å². The van der Waals surface area contributed by atoms with Gasteiger partial charge in [0.25, 0.3) is 0 Å². The molecule has 14 rings (SSSR count). The molecule has 2 heteroatoms. The van der Waals surface area contributed by atoms with Gasteiger partial charge < -0.3 is 9.80 Å². The van der Waals surface area contributed by atoms with Crippen LogP contribution in [0.3, 0.4) is 0 Å². The summed E-state index contributed by atoms with van der Waals surface area (Å²) in [6, 6.07) is 105. The number of anilines is 2. The molecule has 3 aliphatic carbocycles. The topological polar surface area (TPSA) is 6.48 Å². The molecule has 2 unspecified atom stereocenters. The summed E-state index contributed by atoms with van der Waals surface area (Å²) in [5, 5.41) is 0. The van der Waals surface area contributed by atoms with Gasteiger partial charge in [-0.2, -0.15) is 0 Å². The van der Waals surface area contributed by atoms with Crippen molar-refractivity contribution in [2.75, 3.05) is 9.80 Å². The summed E-state index contributed by atoms with van der Waals surface area (Å²) in [6.07, 6.45) is 40.3. The molecule has 2 atom stereocenters.